The average Bonchev–Trinajstić information content (AvgIpc) is 2.80. The lowest BCUT2D eigenvalue weighted by molar-refractivity contribution is 0.286. The Morgan fingerprint density at radius 2 is 2.13 bits per heavy atom. The summed E-state index contributed by atoms with van der Waals surface area (Å²) < 4.78 is 10.0. The molecule has 5 nitrogen and oxygen atoms in total. The largest absolute Gasteiger partial charge is 0.485 e. The van der Waals surface area contributed by atoms with Crippen molar-refractivity contribution in [1.29, 1.82) is 0 Å². The number of aromatic nitrogens is 2. The molecule has 0 amide bonds. The van der Waals surface area contributed by atoms with Gasteiger partial charge in [0.2, 0.25) is 12.2 Å². The third-order valence-corrected chi connectivity index (χ3v) is 1.92. The highest BCUT2D eigenvalue weighted by molar-refractivity contribution is 5.45. The fourth-order valence-electron chi connectivity index (χ4n) is 1.12. The Hall–Kier alpha value is -2.04. The van der Waals surface area contributed by atoms with Crippen molar-refractivity contribution >= 4 is 5.69 Å². The normalized spacial score (nSPS) is 9.93. The third kappa shape index (κ3) is 2.46. The first-order chi connectivity index (χ1) is 7.38. The van der Waals surface area contributed by atoms with Crippen LogP contribution in [-0.4, -0.2) is 17.2 Å². The van der Waals surface area contributed by atoms with E-state index in [0.29, 0.717) is 12.4 Å². The van der Waals surface area contributed by atoms with Crippen molar-refractivity contribution < 1.29 is 9.26 Å². The van der Waals surface area contributed by atoms with Crippen LogP contribution in [0.1, 0.15) is 5.82 Å². The molecule has 0 aliphatic heterocycles. The molecule has 0 saturated carbocycles. The molecular weight excluding hydrogens is 194 g/mol. The second kappa shape index (κ2) is 4.45. The van der Waals surface area contributed by atoms with E-state index in [9.17, 15) is 0 Å². The third-order valence-electron chi connectivity index (χ3n) is 1.92. The highest BCUT2D eigenvalue weighted by atomic mass is 16.5. The number of hydrogen-bond donors (Lipinski definition) is 1. The van der Waals surface area contributed by atoms with Crippen LogP contribution in [0.5, 0.6) is 5.75 Å². The molecule has 2 aromatic rings. The Morgan fingerprint density at radius 1 is 1.33 bits per heavy atom. The molecule has 2 rings (SSSR count). The van der Waals surface area contributed by atoms with Crippen LogP contribution in [0.4, 0.5) is 5.69 Å². The first-order valence-corrected chi connectivity index (χ1v) is 4.54. The first-order valence-electron chi connectivity index (χ1n) is 4.54. The van der Waals surface area contributed by atoms with Crippen molar-refractivity contribution in [2.45, 2.75) is 6.61 Å². The van der Waals surface area contributed by atoms with Crippen LogP contribution in [0.25, 0.3) is 0 Å². The van der Waals surface area contributed by atoms with Crippen LogP contribution < -0.4 is 10.1 Å². The summed E-state index contributed by atoms with van der Waals surface area (Å²) in [7, 11) is 1.87. The van der Waals surface area contributed by atoms with Crippen molar-refractivity contribution in [2.24, 2.45) is 0 Å². The minimum Gasteiger partial charge on any atom is -0.485 e. The number of benzene rings is 1. The maximum atomic E-state index is 5.44. The van der Waals surface area contributed by atoms with E-state index in [0.717, 1.165) is 11.4 Å². The van der Waals surface area contributed by atoms with Gasteiger partial charge in [-0.25, -0.2) is 0 Å². The summed E-state index contributed by atoms with van der Waals surface area (Å²) in [6.45, 7) is 0.315. The zero-order valence-electron chi connectivity index (χ0n) is 8.30. The molecular formula is C10H11N3O2. The molecule has 1 heterocycles. The quantitative estimate of drug-likeness (QED) is 0.823. The topological polar surface area (TPSA) is 60.2 Å². The Balaban J connectivity index is 1.93. The molecule has 0 fully saturated rings. The second-order valence-corrected chi connectivity index (χ2v) is 2.91. The predicted molar refractivity (Wildman–Crippen MR) is 54.6 cm³/mol. The summed E-state index contributed by atoms with van der Waals surface area (Å²) in [6.07, 6.45) is 1.28. The number of rotatable bonds is 4. The highest BCUT2D eigenvalue weighted by Gasteiger charge is 1.99. The summed E-state index contributed by atoms with van der Waals surface area (Å²) in [5.41, 5.74) is 1.04. The Bertz CT molecular complexity index is 397. The van der Waals surface area contributed by atoms with Crippen LogP contribution in [0.3, 0.4) is 0 Å². The molecule has 1 aromatic heterocycles. The SMILES string of the molecule is CNc1ccc(OCc2ncon2)cc1. The summed E-state index contributed by atoms with van der Waals surface area (Å²) in [5.74, 6) is 1.31. The van der Waals surface area contributed by atoms with Gasteiger partial charge >= 0.3 is 0 Å². The molecule has 0 spiro atoms. The van der Waals surface area contributed by atoms with E-state index in [-0.39, 0.29) is 0 Å². The standard InChI is InChI=1S/C10H11N3O2/c1-11-8-2-4-9(5-3-8)14-6-10-12-7-15-13-10/h2-5,7,11H,6H2,1H3. The van der Waals surface area contributed by atoms with Crippen molar-refractivity contribution in [2.75, 3.05) is 12.4 Å². The van der Waals surface area contributed by atoms with E-state index in [1.807, 2.05) is 31.3 Å². The van der Waals surface area contributed by atoms with Gasteiger partial charge in [0.1, 0.15) is 5.75 Å². The van der Waals surface area contributed by atoms with E-state index >= 15 is 0 Å². The van der Waals surface area contributed by atoms with Gasteiger partial charge in [0, 0.05) is 12.7 Å². The minimum absolute atomic E-state index is 0.315. The molecule has 0 aliphatic carbocycles. The van der Waals surface area contributed by atoms with Crippen LogP contribution >= 0.6 is 0 Å². The summed E-state index contributed by atoms with van der Waals surface area (Å²) in [4.78, 5) is 3.85. The van der Waals surface area contributed by atoms with Crippen molar-refractivity contribution in [1.82, 2.24) is 10.1 Å². The number of hydrogen-bond acceptors (Lipinski definition) is 5. The van der Waals surface area contributed by atoms with E-state index in [1.165, 1.54) is 6.39 Å². The van der Waals surface area contributed by atoms with Gasteiger partial charge in [0.05, 0.1) is 0 Å². The fourth-order valence-corrected chi connectivity index (χ4v) is 1.12. The maximum absolute atomic E-state index is 5.44. The Labute approximate surface area is 87.1 Å². The smallest absolute Gasteiger partial charge is 0.213 e. The molecule has 1 aromatic carbocycles. The predicted octanol–water partition coefficient (Wildman–Crippen LogP) is 1.69. The van der Waals surface area contributed by atoms with Gasteiger partial charge in [-0.1, -0.05) is 5.16 Å². The van der Waals surface area contributed by atoms with Crippen LogP contribution in [-0.2, 0) is 6.61 Å². The lowest BCUT2D eigenvalue weighted by atomic mass is 10.3. The van der Waals surface area contributed by atoms with Crippen LogP contribution in [0.15, 0.2) is 35.2 Å². The van der Waals surface area contributed by atoms with Gasteiger partial charge < -0.3 is 14.6 Å². The maximum Gasteiger partial charge on any atom is 0.213 e. The molecule has 78 valence electrons. The van der Waals surface area contributed by atoms with Crippen molar-refractivity contribution in [3.63, 3.8) is 0 Å². The zero-order valence-corrected chi connectivity index (χ0v) is 8.30. The lowest BCUT2D eigenvalue weighted by Crippen LogP contribution is -1.97. The molecule has 0 bridgehead atoms. The molecule has 15 heavy (non-hydrogen) atoms. The minimum atomic E-state index is 0.315. The number of anilines is 1. The summed E-state index contributed by atoms with van der Waals surface area (Å²) in [6, 6.07) is 7.63. The summed E-state index contributed by atoms with van der Waals surface area (Å²) >= 11 is 0. The highest BCUT2D eigenvalue weighted by Crippen LogP contribution is 2.15. The van der Waals surface area contributed by atoms with Crippen LogP contribution in [0, 0.1) is 0 Å². The monoisotopic (exact) mass is 205 g/mol. The second-order valence-electron chi connectivity index (χ2n) is 2.91. The van der Waals surface area contributed by atoms with Crippen LogP contribution in [0.2, 0.25) is 0 Å². The first kappa shape index (κ1) is 9.51. The Morgan fingerprint density at radius 3 is 2.73 bits per heavy atom. The van der Waals surface area contributed by atoms with Gasteiger partial charge in [-0.15, -0.1) is 0 Å². The molecule has 0 unspecified atom stereocenters. The van der Waals surface area contributed by atoms with Gasteiger partial charge in [-0.2, -0.15) is 4.98 Å². The molecule has 0 radical (unpaired) electrons. The van der Waals surface area contributed by atoms with Crippen molar-refractivity contribution in [3.8, 4) is 5.75 Å². The molecule has 0 aliphatic rings. The zero-order chi connectivity index (χ0) is 10.5. The van der Waals surface area contributed by atoms with Gasteiger partial charge in [0.25, 0.3) is 0 Å². The molecule has 0 saturated heterocycles. The fraction of sp³-hybridized carbons (Fsp3) is 0.200. The average molecular weight is 205 g/mol. The molecule has 5 heteroatoms. The number of nitrogens with zero attached hydrogens (tertiary/aromatic N) is 2. The number of nitrogens with one attached hydrogen (secondary N) is 1. The van der Waals surface area contributed by atoms with Crippen molar-refractivity contribution in [3.05, 3.63) is 36.5 Å². The molecule has 1 N–H and O–H groups in total. The van der Waals surface area contributed by atoms with E-state index in [2.05, 4.69) is 20.0 Å². The molecule has 0 atom stereocenters. The van der Waals surface area contributed by atoms with Gasteiger partial charge in [-0.05, 0) is 24.3 Å². The lowest BCUT2D eigenvalue weighted by Gasteiger charge is -2.04. The van der Waals surface area contributed by atoms with Gasteiger partial charge in [-0.3, -0.25) is 0 Å². The summed E-state index contributed by atoms with van der Waals surface area (Å²) in [5, 5.41) is 6.67. The van der Waals surface area contributed by atoms with Gasteiger partial charge in [0.15, 0.2) is 6.61 Å². The van der Waals surface area contributed by atoms with E-state index < -0.39 is 0 Å². The van der Waals surface area contributed by atoms with E-state index in [1.54, 1.807) is 0 Å². The Kier molecular flexibility index (Phi) is 2.82. The number of ether oxygens (including phenoxy) is 1. The van der Waals surface area contributed by atoms with E-state index in [4.69, 9.17) is 4.74 Å².